The zero-order valence-electron chi connectivity index (χ0n) is 13.2. The third kappa shape index (κ3) is 5.14. The molecule has 0 radical (unpaired) electrons. The van der Waals surface area contributed by atoms with Crippen LogP contribution >= 0.6 is 0 Å². The number of nitrogens with two attached hydrogens (primary N) is 1. The van der Waals surface area contributed by atoms with E-state index in [1.165, 1.54) is 12.1 Å². The lowest BCUT2D eigenvalue weighted by atomic mass is 10.3. The minimum atomic E-state index is -4.13. The average molecular weight is 378 g/mol. The van der Waals surface area contributed by atoms with Gasteiger partial charge in [0.25, 0.3) is 10.0 Å². The maximum Gasteiger partial charge on any atom is 0.336 e. The first-order valence-corrected chi connectivity index (χ1v) is 8.52. The van der Waals surface area contributed by atoms with Crippen molar-refractivity contribution in [1.82, 2.24) is 4.83 Å². The Morgan fingerprint density at radius 1 is 1.04 bits per heavy atom. The monoisotopic (exact) mass is 378 g/mol. The fourth-order valence-electron chi connectivity index (χ4n) is 1.81. The molecule has 0 saturated heterocycles. The number of nitrogens with one attached hydrogen (secondary N) is 1. The summed E-state index contributed by atoms with van der Waals surface area (Å²) < 4.78 is 34.6. The third-order valence-electron chi connectivity index (χ3n) is 2.91. The van der Waals surface area contributed by atoms with Crippen molar-refractivity contribution in [3.63, 3.8) is 0 Å². The molecule has 4 N–H and O–H groups in total. The second-order valence-corrected chi connectivity index (χ2v) is 6.42. The van der Waals surface area contributed by atoms with Crippen molar-refractivity contribution in [2.45, 2.75) is 4.90 Å². The summed E-state index contributed by atoms with van der Waals surface area (Å²) in [5.74, 6) is 2.93. The maximum atomic E-state index is 12.1. The topological polar surface area (TPSA) is 145 Å². The smallest absolute Gasteiger partial charge is 0.336 e. The van der Waals surface area contributed by atoms with E-state index >= 15 is 0 Å². The fraction of sp³-hybridized carbons (Fsp3) is 0. The van der Waals surface area contributed by atoms with Gasteiger partial charge < -0.3 is 14.6 Å². The maximum absolute atomic E-state index is 12.1. The highest BCUT2D eigenvalue weighted by molar-refractivity contribution is 7.89. The standard InChI is InChI=1S/C16H14N2O7S/c17-18-26(22,23)14-10-12(25-16(21)9-8-15(19)20)6-7-13(14)24-11-4-2-1-3-5-11/h1-10,18H,17H2,(H,19,20)/b9-8-. The Labute approximate surface area is 148 Å². The van der Waals surface area contributed by atoms with Gasteiger partial charge >= 0.3 is 11.9 Å². The van der Waals surface area contributed by atoms with Crippen molar-refractivity contribution in [1.29, 1.82) is 0 Å². The normalized spacial score (nSPS) is 11.3. The molecule has 0 bridgehead atoms. The van der Waals surface area contributed by atoms with Crippen molar-refractivity contribution in [2.75, 3.05) is 0 Å². The van der Waals surface area contributed by atoms with Crippen LogP contribution in [0.3, 0.4) is 0 Å². The largest absolute Gasteiger partial charge is 0.478 e. The quantitative estimate of drug-likeness (QED) is 0.214. The van der Waals surface area contributed by atoms with Crippen LogP contribution in [0.4, 0.5) is 0 Å². The first-order chi connectivity index (χ1) is 12.3. The van der Waals surface area contributed by atoms with Gasteiger partial charge in [-0.3, -0.25) is 5.84 Å². The minimum absolute atomic E-state index is 0.0463. The number of sulfonamides is 1. The molecule has 0 saturated carbocycles. The Morgan fingerprint density at radius 2 is 1.73 bits per heavy atom. The van der Waals surface area contributed by atoms with Gasteiger partial charge in [0.15, 0.2) is 0 Å². The van der Waals surface area contributed by atoms with Crippen LogP contribution in [0.15, 0.2) is 65.6 Å². The molecule has 0 amide bonds. The zero-order chi connectivity index (χ0) is 19.2. The molecule has 9 nitrogen and oxygen atoms in total. The number of hydrogen-bond donors (Lipinski definition) is 3. The van der Waals surface area contributed by atoms with Gasteiger partial charge in [0.1, 0.15) is 22.1 Å². The number of esters is 1. The molecule has 0 spiro atoms. The van der Waals surface area contributed by atoms with E-state index in [1.54, 1.807) is 35.2 Å². The summed E-state index contributed by atoms with van der Waals surface area (Å²) in [7, 11) is -4.13. The third-order valence-corrected chi connectivity index (χ3v) is 4.12. The van der Waals surface area contributed by atoms with Crippen LogP contribution in [0.1, 0.15) is 0 Å². The lowest BCUT2D eigenvalue weighted by molar-refractivity contribution is -0.133. The number of hydrazine groups is 1. The summed E-state index contributed by atoms with van der Waals surface area (Å²) in [6.07, 6.45) is 1.28. The number of para-hydroxylation sites is 1. The van der Waals surface area contributed by atoms with Gasteiger partial charge in [-0.2, -0.15) is 0 Å². The van der Waals surface area contributed by atoms with E-state index in [9.17, 15) is 18.0 Å². The summed E-state index contributed by atoms with van der Waals surface area (Å²) in [6, 6.07) is 12.0. The average Bonchev–Trinajstić information content (AvgIpc) is 2.62. The first-order valence-electron chi connectivity index (χ1n) is 7.04. The van der Waals surface area contributed by atoms with Crippen LogP contribution in [-0.4, -0.2) is 25.5 Å². The highest BCUT2D eigenvalue weighted by atomic mass is 32.2. The molecule has 2 aromatic rings. The SMILES string of the molecule is NNS(=O)(=O)c1cc(OC(=O)/C=C\C(=O)O)ccc1Oc1ccccc1. The number of carboxylic acids is 1. The Morgan fingerprint density at radius 3 is 2.35 bits per heavy atom. The minimum Gasteiger partial charge on any atom is -0.478 e. The Bertz CT molecular complexity index is 940. The Balaban J connectivity index is 2.36. The van der Waals surface area contributed by atoms with Gasteiger partial charge in [-0.1, -0.05) is 18.2 Å². The second kappa shape index (κ2) is 8.25. The molecule has 0 heterocycles. The van der Waals surface area contributed by atoms with Gasteiger partial charge in [-0.25, -0.2) is 18.0 Å². The highest BCUT2D eigenvalue weighted by Crippen LogP contribution is 2.31. The predicted molar refractivity (Wildman–Crippen MR) is 89.9 cm³/mol. The van der Waals surface area contributed by atoms with Gasteiger partial charge in [0.2, 0.25) is 0 Å². The summed E-state index contributed by atoms with van der Waals surface area (Å²) in [4.78, 5) is 23.2. The van der Waals surface area contributed by atoms with Crippen LogP contribution in [-0.2, 0) is 19.6 Å². The fourth-order valence-corrected chi connectivity index (χ4v) is 2.59. The molecule has 26 heavy (non-hydrogen) atoms. The summed E-state index contributed by atoms with van der Waals surface area (Å²) >= 11 is 0. The van der Waals surface area contributed by atoms with E-state index in [0.717, 1.165) is 6.07 Å². The summed E-state index contributed by atoms with van der Waals surface area (Å²) in [5, 5.41) is 8.48. The molecule has 0 atom stereocenters. The molecular formula is C16H14N2O7S. The number of carbonyl (C=O) groups is 2. The predicted octanol–water partition coefficient (Wildman–Crippen LogP) is 1.18. The van der Waals surface area contributed by atoms with Crippen molar-refractivity contribution in [3.05, 3.63) is 60.7 Å². The van der Waals surface area contributed by atoms with Gasteiger partial charge in [-0.05, 0) is 24.3 Å². The zero-order valence-corrected chi connectivity index (χ0v) is 14.0. The van der Waals surface area contributed by atoms with E-state index in [1.807, 2.05) is 0 Å². The molecule has 2 aromatic carbocycles. The molecular weight excluding hydrogens is 364 g/mol. The molecule has 2 rings (SSSR count). The summed E-state index contributed by atoms with van der Waals surface area (Å²) in [5.41, 5.74) is 0. The van der Waals surface area contributed by atoms with E-state index < -0.39 is 22.0 Å². The van der Waals surface area contributed by atoms with Gasteiger partial charge in [-0.15, -0.1) is 4.83 Å². The Kier molecular flexibility index (Phi) is 6.07. The number of aliphatic carboxylic acids is 1. The van der Waals surface area contributed by atoms with Crippen molar-refractivity contribution in [2.24, 2.45) is 5.84 Å². The second-order valence-electron chi connectivity index (χ2n) is 4.74. The van der Waals surface area contributed by atoms with Crippen LogP contribution < -0.4 is 20.1 Å². The summed E-state index contributed by atoms with van der Waals surface area (Å²) in [6.45, 7) is 0. The first kappa shape index (κ1) is 19.1. The highest BCUT2D eigenvalue weighted by Gasteiger charge is 2.20. The number of benzene rings is 2. The van der Waals surface area contributed by atoms with Crippen LogP contribution in [0, 0.1) is 0 Å². The van der Waals surface area contributed by atoms with Crippen LogP contribution in [0.25, 0.3) is 0 Å². The van der Waals surface area contributed by atoms with E-state index in [0.29, 0.717) is 17.9 Å². The lowest BCUT2D eigenvalue weighted by Gasteiger charge is -2.12. The molecule has 0 fully saturated rings. The van der Waals surface area contributed by atoms with Crippen molar-refractivity contribution in [3.8, 4) is 17.2 Å². The van der Waals surface area contributed by atoms with Gasteiger partial charge in [0, 0.05) is 18.2 Å². The molecule has 0 aliphatic heterocycles. The number of carboxylic acid groups (broad SMARTS) is 1. The van der Waals surface area contributed by atoms with Crippen molar-refractivity contribution >= 4 is 22.0 Å². The van der Waals surface area contributed by atoms with E-state index in [4.69, 9.17) is 20.4 Å². The van der Waals surface area contributed by atoms with Crippen molar-refractivity contribution < 1.29 is 32.6 Å². The number of hydrogen-bond acceptors (Lipinski definition) is 7. The van der Waals surface area contributed by atoms with E-state index in [-0.39, 0.29) is 16.4 Å². The number of ether oxygens (including phenoxy) is 2. The van der Waals surface area contributed by atoms with E-state index in [2.05, 4.69) is 0 Å². The van der Waals surface area contributed by atoms with Crippen LogP contribution in [0.5, 0.6) is 17.2 Å². The van der Waals surface area contributed by atoms with Gasteiger partial charge in [0.05, 0.1) is 0 Å². The molecule has 0 aliphatic rings. The molecule has 0 unspecified atom stereocenters. The molecule has 10 heteroatoms. The molecule has 0 aromatic heterocycles. The Hall–Kier alpha value is -3.21. The lowest BCUT2D eigenvalue weighted by Crippen LogP contribution is -2.30. The molecule has 0 aliphatic carbocycles. The number of rotatable bonds is 7. The number of carbonyl (C=O) groups excluding carboxylic acids is 1. The molecule has 136 valence electrons. The van der Waals surface area contributed by atoms with Crippen LogP contribution in [0.2, 0.25) is 0 Å².